The van der Waals surface area contributed by atoms with E-state index in [4.69, 9.17) is 0 Å². The van der Waals surface area contributed by atoms with Crippen molar-refractivity contribution in [1.82, 2.24) is 14.5 Å². The molecule has 9 aromatic rings. The molecule has 3 aromatic heterocycles. The normalized spacial score (nSPS) is 11.6. The van der Waals surface area contributed by atoms with Crippen LogP contribution in [0.15, 0.2) is 157 Å². The van der Waals surface area contributed by atoms with Crippen LogP contribution >= 0.6 is 0 Å². The van der Waals surface area contributed by atoms with E-state index in [-0.39, 0.29) is 5.56 Å². The van der Waals surface area contributed by atoms with Crippen LogP contribution in [-0.2, 0) is 0 Å². The number of hydrogen-bond acceptors (Lipinski definition) is 3. The zero-order valence-corrected chi connectivity index (χ0v) is 24.2. The third-order valence-electron chi connectivity index (χ3n) is 8.87. The smallest absolute Gasteiger partial charge is 0.265 e. The van der Waals surface area contributed by atoms with Gasteiger partial charge in [-0.3, -0.25) is 19.3 Å². The lowest BCUT2D eigenvalue weighted by atomic mass is 9.91. The van der Waals surface area contributed by atoms with E-state index < -0.39 is 0 Å². The molecule has 0 spiro atoms. The Morgan fingerprint density at radius 2 is 0.933 bits per heavy atom. The quantitative estimate of drug-likeness (QED) is 0.197. The highest BCUT2D eigenvalue weighted by atomic mass is 16.1. The fraction of sp³-hybridized carbons (Fsp3) is 0. The number of pyridine rings is 3. The first-order valence-corrected chi connectivity index (χ1v) is 15.0. The molecule has 4 heteroatoms. The lowest BCUT2D eigenvalue weighted by molar-refractivity contribution is 1.05. The van der Waals surface area contributed by atoms with Crippen LogP contribution in [-0.4, -0.2) is 14.5 Å². The van der Waals surface area contributed by atoms with Gasteiger partial charge in [-0.15, -0.1) is 0 Å². The van der Waals surface area contributed by atoms with Gasteiger partial charge < -0.3 is 0 Å². The maximum atomic E-state index is 13.8. The van der Waals surface area contributed by atoms with E-state index in [9.17, 15) is 4.79 Å². The van der Waals surface area contributed by atoms with Crippen molar-refractivity contribution in [1.29, 1.82) is 0 Å². The van der Waals surface area contributed by atoms with Crippen LogP contribution in [0.3, 0.4) is 0 Å². The summed E-state index contributed by atoms with van der Waals surface area (Å²) in [6.45, 7) is 0. The van der Waals surface area contributed by atoms with Gasteiger partial charge in [-0.25, -0.2) is 0 Å². The third kappa shape index (κ3) is 3.96. The van der Waals surface area contributed by atoms with Gasteiger partial charge in [0.05, 0.1) is 10.9 Å². The summed E-state index contributed by atoms with van der Waals surface area (Å²) in [6, 6.07) is 48.3. The second-order valence-corrected chi connectivity index (χ2v) is 11.4. The summed E-state index contributed by atoms with van der Waals surface area (Å²) in [5.74, 6) is 0. The Bertz CT molecular complexity index is 2650. The van der Waals surface area contributed by atoms with E-state index in [0.717, 1.165) is 33.5 Å². The van der Waals surface area contributed by atoms with Crippen molar-refractivity contribution in [2.75, 3.05) is 0 Å². The molecule has 0 N–H and O–H groups in total. The maximum Gasteiger partial charge on any atom is 0.265 e. The lowest BCUT2D eigenvalue weighted by Crippen LogP contribution is -2.19. The zero-order valence-electron chi connectivity index (χ0n) is 24.2. The van der Waals surface area contributed by atoms with Crippen molar-refractivity contribution in [3.8, 4) is 27.9 Å². The molecule has 0 saturated heterocycles. The molecule has 0 aliphatic heterocycles. The monoisotopic (exact) mass is 575 g/mol. The van der Waals surface area contributed by atoms with Crippen molar-refractivity contribution < 1.29 is 0 Å². The fourth-order valence-electron chi connectivity index (χ4n) is 6.80. The highest BCUT2D eigenvalue weighted by Crippen LogP contribution is 2.37. The summed E-state index contributed by atoms with van der Waals surface area (Å²) in [6.07, 6.45) is 3.44. The van der Waals surface area contributed by atoms with E-state index in [0.29, 0.717) is 16.4 Å². The van der Waals surface area contributed by atoms with Crippen LogP contribution in [0, 0.1) is 0 Å². The highest BCUT2D eigenvalue weighted by Gasteiger charge is 2.15. The van der Waals surface area contributed by atoms with Gasteiger partial charge in [0.1, 0.15) is 11.0 Å². The minimum absolute atomic E-state index is 0.111. The van der Waals surface area contributed by atoms with Crippen molar-refractivity contribution in [2.24, 2.45) is 0 Å². The average molecular weight is 576 g/mol. The Kier molecular flexibility index (Phi) is 5.62. The topological polar surface area (TPSA) is 47.8 Å². The molecule has 0 bridgehead atoms. The minimum Gasteiger partial charge on any atom is -0.275 e. The van der Waals surface area contributed by atoms with Crippen molar-refractivity contribution in [2.45, 2.75) is 0 Å². The van der Waals surface area contributed by atoms with E-state index in [1.807, 2.05) is 30.3 Å². The van der Waals surface area contributed by atoms with Gasteiger partial charge in [0, 0.05) is 18.1 Å². The van der Waals surface area contributed by atoms with Crippen molar-refractivity contribution in [3.05, 3.63) is 162 Å². The predicted molar refractivity (Wildman–Crippen MR) is 186 cm³/mol. The Morgan fingerprint density at radius 3 is 1.64 bits per heavy atom. The van der Waals surface area contributed by atoms with Crippen LogP contribution < -0.4 is 5.56 Å². The van der Waals surface area contributed by atoms with E-state index >= 15 is 0 Å². The minimum atomic E-state index is -0.111. The highest BCUT2D eigenvalue weighted by molar-refractivity contribution is 6.25. The molecule has 0 saturated carbocycles. The molecule has 0 fully saturated rings. The van der Waals surface area contributed by atoms with Gasteiger partial charge in [0.15, 0.2) is 0 Å². The second-order valence-electron chi connectivity index (χ2n) is 11.4. The second kappa shape index (κ2) is 9.97. The number of rotatable bonds is 3. The number of fused-ring (bicyclic) bond motifs is 9. The standard InChI is InChI=1S/C41H25N3O/c45-41-36-17-7-21-42-39(36)40-38(18-8-22-43-40)44(41)30-12-6-11-28(24-30)26-9-5-10-27(23-26)29-19-20-35-33-15-2-1-13-31(33)32-14-3-4-16-34(32)37(35)25-29/h1-25H. The first-order chi connectivity index (χ1) is 22.2. The van der Waals surface area contributed by atoms with Crippen molar-refractivity contribution in [3.63, 3.8) is 0 Å². The Balaban J connectivity index is 1.19. The first-order valence-electron chi connectivity index (χ1n) is 15.0. The van der Waals surface area contributed by atoms with E-state index in [1.54, 1.807) is 23.0 Å². The molecule has 0 aliphatic carbocycles. The van der Waals surface area contributed by atoms with Crippen molar-refractivity contribution >= 4 is 54.3 Å². The Hall–Kier alpha value is -6.13. The molecule has 0 radical (unpaired) electrons. The fourth-order valence-corrected chi connectivity index (χ4v) is 6.80. The van der Waals surface area contributed by atoms with E-state index in [2.05, 4.69) is 113 Å². The lowest BCUT2D eigenvalue weighted by Gasteiger charge is -2.14. The van der Waals surface area contributed by atoms with Gasteiger partial charge in [-0.05, 0) is 103 Å². The van der Waals surface area contributed by atoms with Crippen LogP contribution in [0.2, 0.25) is 0 Å². The summed E-state index contributed by atoms with van der Waals surface area (Å²) in [5.41, 5.74) is 7.15. The molecular formula is C41H25N3O. The Labute approximate surface area is 258 Å². The molecule has 9 rings (SSSR count). The third-order valence-corrected chi connectivity index (χ3v) is 8.87. The molecule has 4 nitrogen and oxygen atoms in total. The largest absolute Gasteiger partial charge is 0.275 e. The molecule has 3 heterocycles. The summed E-state index contributed by atoms with van der Waals surface area (Å²) in [4.78, 5) is 22.9. The van der Waals surface area contributed by atoms with Gasteiger partial charge >= 0.3 is 0 Å². The number of nitrogens with zero attached hydrogens (tertiary/aromatic N) is 3. The van der Waals surface area contributed by atoms with Crippen LogP contribution in [0.4, 0.5) is 0 Å². The molecule has 6 aromatic carbocycles. The van der Waals surface area contributed by atoms with Crippen LogP contribution in [0.5, 0.6) is 0 Å². The van der Waals surface area contributed by atoms with Gasteiger partial charge in [-0.2, -0.15) is 0 Å². The molecule has 0 unspecified atom stereocenters. The molecule has 0 atom stereocenters. The number of aromatic nitrogens is 3. The molecule has 0 amide bonds. The van der Waals surface area contributed by atoms with E-state index in [1.165, 1.54) is 32.3 Å². The van der Waals surface area contributed by atoms with Gasteiger partial charge in [0.2, 0.25) is 0 Å². The number of hydrogen-bond donors (Lipinski definition) is 0. The average Bonchev–Trinajstić information content (AvgIpc) is 3.12. The Morgan fingerprint density at radius 1 is 0.400 bits per heavy atom. The first kappa shape index (κ1) is 25.4. The SMILES string of the molecule is O=c1c2cccnc2c2ncccc2n1-c1cccc(-c2cccc(-c3ccc4c5ccccc5c5ccccc5c4c3)c2)c1. The van der Waals surface area contributed by atoms with Crippen LogP contribution in [0.1, 0.15) is 0 Å². The molecule has 45 heavy (non-hydrogen) atoms. The molecular weight excluding hydrogens is 550 g/mol. The van der Waals surface area contributed by atoms with Crippen LogP contribution in [0.25, 0.3) is 82.2 Å². The molecule has 210 valence electrons. The summed E-state index contributed by atoms with van der Waals surface area (Å²) >= 11 is 0. The van der Waals surface area contributed by atoms with Gasteiger partial charge in [0.25, 0.3) is 5.56 Å². The summed E-state index contributed by atoms with van der Waals surface area (Å²) < 4.78 is 1.75. The maximum absolute atomic E-state index is 13.8. The van der Waals surface area contributed by atoms with Gasteiger partial charge in [-0.1, -0.05) is 91.0 Å². The number of benzene rings is 6. The molecule has 0 aliphatic rings. The summed E-state index contributed by atoms with van der Waals surface area (Å²) in [7, 11) is 0. The predicted octanol–water partition coefficient (Wildman–Crippen LogP) is 9.73. The zero-order chi connectivity index (χ0) is 29.9. The summed E-state index contributed by atoms with van der Waals surface area (Å²) in [5, 5.41) is 8.13.